The number of hydrogen-bond acceptors (Lipinski definition) is 4. The number of pyridine rings is 1. The summed E-state index contributed by atoms with van der Waals surface area (Å²) in [5, 5.41) is 3.75. The van der Waals surface area contributed by atoms with Crippen molar-refractivity contribution in [1.82, 2.24) is 9.88 Å². The fourth-order valence-corrected chi connectivity index (χ4v) is 3.19. The number of fused-ring (bicyclic) bond motifs is 1. The van der Waals surface area contributed by atoms with Crippen LogP contribution in [0.2, 0.25) is 0 Å². The maximum atomic E-state index is 12.8. The third-order valence-corrected chi connectivity index (χ3v) is 4.62. The number of methoxy groups -OCH3 is 1. The van der Waals surface area contributed by atoms with E-state index >= 15 is 0 Å². The van der Waals surface area contributed by atoms with Gasteiger partial charge in [-0.15, -0.1) is 0 Å². The number of rotatable bonds is 7. The highest BCUT2D eigenvalue weighted by molar-refractivity contribution is 6.08. The summed E-state index contributed by atoms with van der Waals surface area (Å²) in [6.45, 7) is 4.39. The number of benzene rings is 2. The van der Waals surface area contributed by atoms with Crippen LogP contribution in [0, 0.1) is 5.92 Å². The number of amides is 1. The summed E-state index contributed by atoms with van der Waals surface area (Å²) in [7, 11) is 1.56. The number of nitrogens with one attached hydrogen (secondary N) is 1. The van der Waals surface area contributed by atoms with Gasteiger partial charge in [-0.25, -0.2) is 0 Å². The molecule has 0 aliphatic rings. The van der Waals surface area contributed by atoms with Crippen LogP contribution in [-0.2, 0) is 6.54 Å². The SMILES string of the molecule is COc1ccc(C(=O)CNC(=O)c2cn(CC(C)C)c(=O)c3ccccc23)cc1. The zero-order valence-electron chi connectivity index (χ0n) is 16.8. The molecule has 3 aromatic rings. The summed E-state index contributed by atoms with van der Waals surface area (Å²) >= 11 is 0. The fourth-order valence-electron chi connectivity index (χ4n) is 3.19. The highest BCUT2D eigenvalue weighted by Crippen LogP contribution is 2.16. The van der Waals surface area contributed by atoms with Crippen molar-refractivity contribution in [1.29, 1.82) is 0 Å². The number of Topliss-reactive ketones (excluding diaryl/α,β-unsaturated/α-hetero) is 1. The van der Waals surface area contributed by atoms with Gasteiger partial charge >= 0.3 is 0 Å². The van der Waals surface area contributed by atoms with Gasteiger partial charge in [-0.1, -0.05) is 32.0 Å². The van der Waals surface area contributed by atoms with Crippen LogP contribution in [0.15, 0.2) is 59.5 Å². The van der Waals surface area contributed by atoms with Gasteiger partial charge in [0.25, 0.3) is 11.5 Å². The summed E-state index contributed by atoms with van der Waals surface area (Å²) in [4.78, 5) is 38.0. The summed E-state index contributed by atoms with van der Waals surface area (Å²) < 4.78 is 6.65. The summed E-state index contributed by atoms with van der Waals surface area (Å²) in [5.41, 5.74) is 0.740. The predicted molar refractivity (Wildman–Crippen MR) is 113 cm³/mol. The predicted octanol–water partition coefficient (Wildman–Crippen LogP) is 3.28. The van der Waals surface area contributed by atoms with E-state index in [1.165, 1.54) is 0 Å². The minimum atomic E-state index is -0.388. The van der Waals surface area contributed by atoms with Gasteiger partial charge < -0.3 is 14.6 Å². The second-order valence-corrected chi connectivity index (χ2v) is 7.27. The maximum absolute atomic E-state index is 12.8. The third kappa shape index (κ3) is 4.54. The van der Waals surface area contributed by atoms with E-state index in [-0.39, 0.29) is 29.7 Å². The molecule has 6 heteroatoms. The molecule has 0 aliphatic carbocycles. The van der Waals surface area contributed by atoms with E-state index in [9.17, 15) is 14.4 Å². The van der Waals surface area contributed by atoms with Gasteiger partial charge in [-0.05, 0) is 36.2 Å². The number of aromatic nitrogens is 1. The van der Waals surface area contributed by atoms with Crippen LogP contribution >= 0.6 is 0 Å². The Morgan fingerprint density at radius 2 is 1.69 bits per heavy atom. The molecule has 0 bridgehead atoms. The van der Waals surface area contributed by atoms with Crippen molar-refractivity contribution in [2.45, 2.75) is 20.4 Å². The standard InChI is InChI=1S/C23H24N2O4/c1-15(2)13-25-14-20(18-6-4-5-7-19(18)23(25)28)22(27)24-12-21(26)16-8-10-17(29-3)11-9-16/h4-11,14-15H,12-13H2,1-3H3,(H,24,27). The Labute approximate surface area is 169 Å². The topological polar surface area (TPSA) is 77.4 Å². The minimum absolute atomic E-state index is 0.125. The molecule has 0 saturated heterocycles. The molecule has 0 spiro atoms. The Morgan fingerprint density at radius 1 is 1.03 bits per heavy atom. The van der Waals surface area contributed by atoms with Crippen molar-refractivity contribution in [2.24, 2.45) is 5.92 Å². The molecular weight excluding hydrogens is 368 g/mol. The molecule has 29 heavy (non-hydrogen) atoms. The Kier molecular flexibility index (Phi) is 6.12. The smallest absolute Gasteiger partial charge is 0.258 e. The van der Waals surface area contributed by atoms with E-state index < -0.39 is 0 Å². The first kappa shape index (κ1) is 20.3. The Morgan fingerprint density at radius 3 is 2.31 bits per heavy atom. The van der Waals surface area contributed by atoms with E-state index in [2.05, 4.69) is 5.32 Å². The number of carbonyl (C=O) groups is 2. The lowest BCUT2D eigenvalue weighted by atomic mass is 10.1. The first-order valence-corrected chi connectivity index (χ1v) is 9.48. The lowest BCUT2D eigenvalue weighted by Gasteiger charge is -2.14. The molecule has 0 fully saturated rings. The van der Waals surface area contributed by atoms with Crippen LogP contribution in [0.3, 0.4) is 0 Å². The maximum Gasteiger partial charge on any atom is 0.258 e. The fraction of sp³-hybridized carbons (Fsp3) is 0.261. The van der Waals surface area contributed by atoms with Crippen molar-refractivity contribution in [2.75, 3.05) is 13.7 Å². The number of ketones is 1. The van der Waals surface area contributed by atoms with Gasteiger partial charge in [0, 0.05) is 29.1 Å². The Hall–Kier alpha value is -3.41. The van der Waals surface area contributed by atoms with Crippen LogP contribution in [0.25, 0.3) is 10.8 Å². The van der Waals surface area contributed by atoms with Crippen molar-refractivity contribution < 1.29 is 14.3 Å². The lowest BCUT2D eigenvalue weighted by Crippen LogP contribution is -2.32. The van der Waals surface area contributed by atoms with Crippen LogP contribution < -0.4 is 15.6 Å². The van der Waals surface area contributed by atoms with Crippen LogP contribution in [-0.4, -0.2) is 29.9 Å². The molecule has 1 aromatic heterocycles. The van der Waals surface area contributed by atoms with Gasteiger partial charge in [0.2, 0.25) is 0 Å². The zero-order chi connectivity index (χ0) is 21.0. The average Bonchev–Trinajstić information content (AvgIpc) is 2.73. The zero-order valence-corrected chi connectivity index (χ0v) is 16.8. The highest BCUT2D eigenvalue weighted by atomic mass is 16.5. The van der Waals surface area contributed by atoms with Gasteiger partial charge in [-0.2, -0.15) is 0 Å². The molecule has 0 atom stereocenters. The monoisotopic (exact) mass is 392 g/mol. The quantitative estimate of drug-likeness (QED) is 0.626. The molecule has 6 nitrogen and oxygen atoms in total. The first-order chi connectivity index (χ1) is 13.9. The molecule has 0 unspecified atom stereocenters. The van der Waals surface area contributed by atoms with E-state index in [4.69, 9.17) is 4.74 Å². The normalized spacial score (nSPS) is 10.9. The van der Waals surface area contributed by atoms with E-state index in [1.807, 2.05) is 13.8 Å². The molecule has 0 radical (unpaired) electrons. The third-order valence-electron chi connectivity index (χ3n) is 4.62. The van der Waals surface area contributed by atoms with E-state index in [1.54, 1.807) is 66.4 Å². The lowest BCUT2D eigenvalue weighted by molar-refractivity contribution is 0.0904. The first-order valence-electron chi connectivity index (χ1n) is 9.48. The molecule has 1 heterocycles. The Bertz CT molecular complexity index is 1100. The molecule has 2 aromatic carbocycles. The number of ether oxygens (including phenoxy) is 1. The molecular formula is C23H24N2O4. The number of hydrogen-bond donors (Lipinski definition) is 1. The second kappa shape index (κ2) is 8.73. The Balaban J connectivity index is 1.85. The molecule has 0 saturated carbocycles. The molecule has 1 N–H and O–H groups in total. The van der Waals surface area contributed by atoms with E-state index in [0.29, 0.717) is 34.2 Å². The van der Waals surface area contributed by atoms with Gasteiger partial charge in [0.15, 0.2) is 5.78 Å². The second-order valence-electron chi connectivity index (χ2n) is 7.27. The molecule has 3 rings (SSSR count). The summed E-state index contributed by atoms with van der Waals surface area (Å²) in [5.74, 6) is 0.312. The summed E-state index contributed by atoms with van der Waals surface area (Å²) in [6.07, 6.45) is 1.58. The van der Waals surface area contributed by atoms with Crippen LogP contribution in [0.4, 0.5) is 0 Å². The molecule has 150 valence electrons. The van der Waals surface area contributed by atoms with Crippen molar-refractivity contribution >= 4 is 22.5 Å². The van der Waals surface area contributed by atoms with Crippen molar-refractivity contribution in [3.05, 3.63) is 76.2 Å². The summed E-state index contributed by atoms with van der Waals surface area (Å²) in [6, 6.07) is 13.7. The largest absolute Gasteiger partial charge is 0.497 e. The number of nitrogens with zero attached hydrogens (tertiary/aromatic N) is 1. The number of carbonyl (C=O) groups excluding carboxylic acids is 2. The van der Waals surface area contributed by atoms with Crippen LogP contribution in [0.5, 0.6) is 5.75 Å². The van der Waals surface area contributed by atoms with Gasteiger partial charge in [0.1, 0.15) is 5.75 Å². The van der Waals surface area contributed by atoms with Gasteiger partial charge in [0.05, 0.1) is 19.2 Å². The minimum Gasteiger partial charge on any atom is -0.497 e. The molecule has 1 amide bonds. The molecule has 0 aliphatic heterocycles. The average molecular weight is 392 g/mol. The highest BCUT2D eigenvalue weighted by Gasteiger charge is 2.16. The van der Waals surface area contributed by atoms with Gasteiger partial charge in [-0.3, -0.25) is 14.4 Å². The van der Waals surface area contributed by atoms with Crippen molar-refractivity contribution in [3.8, 4) is 5.75 Å². The van der Waals surface area contributed by atoms with E-state index in [0.717, 1.165) is 0 Å². The van der Waals surface area contributed by atoms with Crippen LogP contribution in [0.1, 0.15) is 34.6 Å². The van der Waals surface area contributed by atoms with Crippen molar-refractivity contribution in [3.63, 3.8) is 0 Å².